The number of rotatable bonds is 6. The molecule has 30 heavy (non-hydrogen) atoms. The number of aliphatic hydroxyl groups is 1. The van der Waals surface area contributed by atoms with Crippen molar-refractivity contribution in [2.24, 2.45) is 5.92 Å². The van der Waals surface area contributed by atoms with E-state index in [-0.39, 0.29) is 10.6 Å². The number of hydrogen-bond acceptors (Lipinski definition) is 5. The summed E-state index contributed by atoms with van der Waals surface area (Å²) in [5.74, 6) is -5.19. The zero-order valence-corrected chi connectivity index (χ0v) is 17.1. The average Bonchev–Trinajstić information content (AvgIpc) is 2.60. The minimum absolute atomic E-state index is 0.0967. The summed E-state index contributed by atoms with van der Waals surface area (Å²) in [6.45, 7) is 2.98. The molecule has 1 aliphatic rings. The van der Waals surface area contributed by atoms with Crippen LogP contribution >= 0.6 is 11.6 Å². The molecule has 0 spiro atoms. The third-order valence-corrected chi connectivity index (χ3v) is 5.31. The lowest BCUT2D eigenvalue weighted by atomic mass is 9.74. The van der Waals surface area contributed by atoms with Crippen molar-refractivity contribution in [3.8, 4) is 0 Å². The Balaban J connectivity index is 2.32. The van der Waals surface area contributed by atoms with E-state index in [4.69, 9.17) is 11.6 Å². The van der Waals surface area contributed by atoms with Gasteiger partial charge in [0.25, 0.3) is 11.6 Å². The van der Waals surface area contributed by atoms with Gasteiger partial charge in [0.2, 0.25) is 5.78 Å². The summed E-state index contributed by atoms with van der Waals surface area (Å²) in [5.41, 5.74) is -4.97. The number of nitrogens with one attached hydrogen (secondary N) is 1. The molecule has 2 atom stereocenters. The maximum absolute atomic E-state index is 13.8. The van der Waals surface area contributed by atoms with Gasteiger partial charge in [0.15, 0.2) is 5.60 Å². The molecule has 0 saturated heterocycles. The lowest BCUT2D eigenvalue weighted by molar-refractivity contribution is -0.264. The Morgan fingerprint density at radius 3 is 2.27 bits per heavy atom. The van der Waals surface area contributed by atoms with E-state index in [1.54, 1.807) is 0 Å². The number of halogens is 5. The van der Waals surface area contributed by atoms with Gasteiger partial charge in [-0.05, 0) is 35.6 Å². The Morgan fingerprint density at radius 2 is 1.73 bits per heavy atom. The summed E-state index contributed by atoms with van der Waals surface area (Å²) in [4.78, 5) is 35.1. The first-order valence-corrected chi connectivity index (χ1v) is 9.30. The number of carbonyl (C=O) groups is 3. The van der Waals surface area contributed by atoms with E-state index in [0.717, 1.165) is 18.2 Å². The molecule has 1 aromatic rings. The van der Waals surface area contributed by atoms with Crippen LogP contribution < -0.4 is 5.32 Å². The van der Waals surface area contributed by atoms with Crippen molar-refractivity contribution < 1.29 is 37.1 Å². The zero-order valence-electron chi connectivity index (χ0n) is 16.4. The normalized spacial score (nSPS) is 20.1. The lowest BCUT2D eigenvalue weighted by Crippen LogP contribution is -2.56. The number of ketones is 3. The fourth-order valence-corrected chi connectivity index (χ4v) is 3.77. The summed E-state index contributed by atoms with van der Waals surface area (Å²) in [7, 11) is 0. The molecule has 0 amide bonds. The summed E-state index contributed by atoms with van der Waals surface area (Å²) in [6, 6.07) is 3.24. The highest BCUT2D eigenvalue weighted by Gasteiger charge is 2.56. The number of benzene rings is 1. The van der Waals surface area contributed by atoms with Crippen LogP contribution in [0.3, 0.4) is 0 Å². The third-order valence-electron chi connectivity index (χ3n) is 5.00. The first-order valence-electron chi connectivity index (χ1n) is 8.92. The molecule has 1 aliphatic carbocycles. The van der Waals surface area contributed by atoms with Crippen LogP contribution in [0, 0.1) is 11.7 Å². The highest BCUT2D eigenvalue weighted by Crippen LogP contribution is 2.42. The van der Waals surface area contributed by atoms with Gasteiger partial charge in [0.05, 0.1) is 12.2 Å². The van der Waals surface area contributed by atoms with Crippen molar-refractivity contribution in [1.29, 1.82) is 0 Å². The van der Waals surface area contributed by atoms with Crippen molar-refractivity contribution in [2.75, 3.05) is 6.54 Å². The molecule has 0 saturated carbocycles. The monoisotopic (exact) mass is 449 g/mol. The average molecular weight is 450 g/mol. The van der Waals surface area contributed by atoms with Crippen LogP contribution in [0.25, 0.3) is 0 Å². The number of alkyl halides is 3. The molecule has 0 fully saturated rings. The van der Waals surface area contributed by atoms with Crippen LogP contribution in [0.15, 0.2) is 30.0 Å². The summed E-state index contributed by atoms with van der Waals surface area (Å²) >= 11 is 5.98. The van der Waals surface area contributed by atoms with Gasteiger partial charge in [0, 0.05) is 10.9 Å². The quantitative estimate of drug-likeness (QED) is 0.514. The van der Waals surface area contributed by atoms with E-state index in [1.807, 2.05) is 0 Å². The fourth-order valence-electron chi connectivity index (χ4n) is 3.35. The number of Topliss-reactive ketones (excluding diaryl/α,β-unsaturated/α-hetero) is 3. The molecule has 10 heteroatoms. The molecular formula is C20H20ClF4NO4. The maximum Gasteiger partial charge on any atom is 0.418 e. The molecule has 1 aromatic carbocycles. The SMILES string of the molecule is CC1C=C(NCC(O)(CC(C)(C)c2ccc(F)cc2Cl)C(F)(F)F)C(=O)C(=O)C1=O. The second-order valence-electron chi connectivity index (χ2n) is 7.96. The third kappa shape index (κ3) is 4.73. The molecule has 0 bridgehead atoms. The number of carbonyl (C=O) groups excluding carboxylic acids is 3. The Bertz CT molecular complexity index is 926. The first-order chi connectivity index (χ1) is 13.6. The molecule has 2 N–H and O–H groups in total. The van der Waals surface area contributed by atoms with Crippen LogP contribution in [-0.4, -0.2) is 40.8 Å². The molecule has 2 rings (SSSR count). The van der Waals surface area contributed by atoms with Gasteiger partial charge >= 0.3 is 6.18 Å². The first kappa shape index (κ1) is 24.0. The Hall–Kier alpha value is -2.26. The number of hydrogen-bond donors (Lipinski definition) is 2. The molecule has 0 aliphatic heterocycles. The van der Waals surface area contributed by atoms with E-state index in [2.05, 4.69) is 5.32 Å². The second-order valence-corrected chi connectivity index (χ2v) is 8.37. The Labute approximate surface area is 175 Å². The van der Waals surface area contributed by atoms with Crippen LogP contribution in [-0.2, 0) is 19.8 Å². The van der Waals surface area contributed by atoms with Crippen LogP contribution in [0.2, 0.25) is 5.02 Å². The van der Waals surface area contributed by atoms with Crippen molar-refractivity contribution >= 4 is 29.0 Å². The molecule has 0 radical (unpaired) electrons. The van der Waals surface area contributed by atoms with E-state index in [9.17, 15) is 37.1 Å². The topological polar surface area (TPSA) is 83.5 Å². The minimum Gasteiger partial charge on any atom is -0.379 e. The summed E-state index contributed by atoms with van der Waals surface area (Å²) in [6.07, 6.45) is -4.95. The van der Waals surface area contributed by atoms with Gasteiger partial charge < -0.3 is 10.4 Å². The highest BCUT2D eigenvalue weighted by atomic mass is 35.5. The van der Waals surface area contributed by atoms with Gasteiger partial charge in [-0.1, -0.05) is 38.4 Å². The van der Waals surface area contributed by atoms with Gasteiger partial charge in [-0.3, -0.25) is 14.4 Å². The van der Waals surface area contributed by atoms with Crippen LogP contribution in [0.1, 0.15) is 32.8 Å². The second kappa shape index (κ2) is 8.11. The molecule has 5 nitrogen and oxygen atoms in total. The van der Waals surface area contributed by atoms with Crippen LogP contribution in [0.4, 0.5) is 17.6 Å². The standard InChI is InChI=1S/C20H20ClF4NO4/c1-10-6-14(16(28)17(29)15(10)27)26-9-19(30,20(23,24)25)8-18(2,3)12-5-4-11(22)7-13(12)21/h4-7,10,26,30H,8-9H2,1-3H3. The predicted molar refractivity (Wildman–Crippen MR) is 100 cm³/mol. The van der Waals surface area contributed by atoms with Crippen LogP contribution in [0.5, 0.6) is 0 Å². The van der Waals surface area contributed by atoms with Gasteiger partial charge in [-0.15, -0.1) is 0 Å². The highest BCUT2D eigenvalue weighted by molar-refractivity contribution is 6.68. The Kier molecular flexibility index (Phi) is 6.49. The van der Waals surface area contributed by atoms with E-state index in [1.165, 1.54) is 26.8 Å². The lowest BCUT2D eigenvalue weighted by Gasteiger charge is -2.38. The van der Waals surface area contributed by atoms with Crippen molar-refractivity contribution in [3.05, 3.63) is 46.4 Å². The van der Waals surface area contributed by atoms with Gasteiger partial charge in [-0.2, -0.15) is 13.2 Å². The largest absolute Gasteiger partial charge is 0.418 e. The summed E-state index contributed by atoms with van der Waals surface area (Å²) in [5, 5.41) is 12.6. The fraction of sp³-hybridized carbons (Fsp3) is 0.450. The van der Waals surface area contributed by atoms with Crippen molar-refractivity contribution in [2.45, 2.75) is 44.4 Å². The van der Waals surface area contributed by atoms with E-state index < -0.39 is 64.9 Å². The molecule has 0 heterocycles. The summed E-state index contributed by atoms with van der Waals surface area (Å²) < 4.78 is 54.6. The zero-order chi connectivity index (χ0) is 23.1. The molecular weight excluding hydrogens is 430 g/mol. The maximum atomic E-state index is 13.8. The van der Waals surface area contributed by atoms with Gasteiger partial charge in [-0.25, -0.2) is 4.39 Å². The van der Waals surface area contributed by atoms with Gasteiger partial charge in [0.1, 0.15) is 5.82 Å². The van der Waals surface area contributed by atoms with E-state index >= 15 is 0 Å². The molecule has 2 unspecified atom stereocenters. The predicted octanol–water partition coefficient (Wildman–Crippen LogP) is 3.27. The smallest absolute Gasteiger partial charge is 0.379 e. The number of allylic oxidation sites excluding steroid dienone is 2. The molecule has 0 aromatic heterocycles. The Morgan fingerprint density at radius 1 is 1.13 bits per heavy atom. The van der Waals surface area contributed by atoms with E-state index in [0.29, 0.717) is 0 Å². The van der Waals surface area contributed by atoms with Crippen molar-refractivity contribution in [1.82, 2.24) is 5.32 Å². The minimum atomic E-state index is -5.12. The molecule has 164 valence electrons. The van der Waals surface area contributed by atoms with Crippen molar-refractivity contribution in [3.63, 3.8) is 0 Å².